The van der Waals surface area contributed by atoms with E-state index in [9.17, 15) is 4.79 Å². The predicted octanol–water partition coefficient (Wildman–Crippen LogP) is 5.88. The van der Waals surface area contributed by atoms with Gasteiger partial charge < -0.3 is 10.2 Å². The summed E-state index contributed by atoms with van der Waals surface area (Å²) in [4.78, 5) is 21.5. The second-order valence-electron chi connectivity index (χ2n) is 11.5. The van der Waals surface area contributed by atoms with Crippen molar-refractivity contribution in [2.24, 2.45) is 11.8 Å². The minimum atomic E-state index is -0.143. The molecule has 4 nitrogen and oxygen atoms in total. The van der Waals surface area contributed by atoms with Crippen LogP contribution in [0.25, 0.3) is 0 Å². The largest absolute Gasteiger partial charge is 0.339 e. The van der Waals surface area contributed by atoms with Gasteiger partial charge in [-0.15, -0.1) is 0 Å². The number of carbonyl (C=O) groups excluding carboxylic acids is 1. The van der Waals surface area contributed by atoms with E-state index in [1.54, 1.807) is 0 Å². The summed E-state index contributed by atoms with van der Waals surface area (Å²) in [6, 6.07) is 15.5. The van der Waals surface area contributed by atoms with Gasteiger partial charge in [-0.2, -0.15) is 0 Å². The summed E-state index contributed by atoms with van der Waals surface area (Å²) in [5, 5.41) is 4.19. The van der Waals surface area contributed by atoms with Gasteiger partial charge in [0.1, 0.15) is 5.15 Å². The number of rotatable bonds is 3. The van der Waals surface area contributed by atoms with E-state index in [2.05, 4.69) is 51.6 Å². The Kier molecular flexibility index (Phi) is 6.62. The fourth-order valence-corrected chi connectivity index (χ4v) is 8.08. The van der Waals surface area contributed by atoms with Crippen LogP contribution in [-0.2, 0) is 16.6 Å². The third kappa shape index (κ3) is 4.31. The zero-order chi connectivity index (χ0) is 23.8. The molecule has 1 spiro atoms. The van der Waals surface area contributed by atoms with Gasteiger partial charge in [0.25, 0.3) is 0 Å². The summed E-state index contributed by atoms with van der Waals surface area (Å²) >= 11 is 6.26. The molecule has 2 saturated heterocycles. The minimum absolute atomic E-state index is 0.0103. The van der Waals surface area contributed by atoms with Gasteiger partial charge in [-0.1, -0.05) is 67.3 Å². The van der Waals surface area contributed by atoms with Gasteiger partial charge in [0.2, 0.25) is 5.91 Å². The normalized spacial score (nSPS) is 31.5. The molecule has 0 bridgehead atoms. The maximum atomic E-state index is 14.5. The highest BCUT2D eigenvalue weighted by Crippen LogP contribution is 2.47. The summed E-state index contributed by atoms with van der Waals surface area (Å²) in [5.74, 6) is 1.58. The number of fused-ring (bicyclic) bond motifs is 2. The Morgan fingerprint density at radius 2 is 1.86 bits per heavy atom. The first-order valence-corrected chi connectivity index (χ1v) is 14.3. The van der Waals surface area contributed by atoms with Crippen molar-refractivity contribution in [2.45, 2.75) is 81.6 Å². The number of nitrogens with zero attached hydrogens (tertiary/aromatic N) is 2. The maximum Gasteiger partial charge on any atom is 0.228 e. The molecule has 4 unspecified atom stereocenters. The van der Waals surface area contributed by atoms with E-state index in [-0.39, 0.29) is 11.3 Å². The van der Waals surface area contributed by atoms with Crippen LogP contribution in [0, 0.1) is 11.8 Å². The van der Waals surface area contributed by atoms with E-state index in [0.29, 0.717) is 28.9 Å². The number of amides is 1. The van der Waals surface area contributed by atoms with Gasteiger partial charge in [0.15, 0.2) is 0 Å². The van der Waals surface area contributed by atoms with Gasteiger partial charge in [-0.3, -0.25) is 4.79 Å². The van der Waals surface area contributed by atoms with Crippen LogP contribution in [0.1, 0.15) is 80.5 Å². The smallest absolute Gasteiger partial charge is 0.228 e. The molecule has 1 N–H and O–H groups in total. The molecule has 3 fully saturated rings. The monoisotopic (exact) mass is 491 g/mol. The van der Waals surface area contributed by atoms with E-state index in [4.69, 9.17) is 11.6 Å². The lowest BCUT2D eigenvalue weighted by Crippen LogP contribution is -2.55. The maximum absolute atomic E-state index is 14.5. The SMILES string of the molecule is O=C(C1CNCC12CCCc1nc(Cl)ccc12)N1CCC(c2ccccc2)CC1C1CCCCC1. The third-order valence-electron chi connectivity index (χ3n) is 9.66. The Balaban J connectivity index is 1.30. The molecule has 4 aliphatic rings. The van der Waals surface area contributed by atoms with Crippen LogP contribution in [0.3, 0.4) is 0 Å². The molecule has 35 heavy (non-hydrogen) atoms. The molecule has 1 amide bonds. The molecule has 0 radical (unpaired) electrons. The molecule has 5 heteroatoms. The molecular formula is C30H38ClN3O. The van der Waals surface area contributed by atoms with Crippen LogP contribution in [-0.4, -0.2) is 41.5 Å². The van der Waals surface area contributed by atoms with Crippen molar-refractivity contribution in [3.63, 3.8) is 0 Å². The number of aromatic nitrogens is 1. The van der Waals surface area contributed by atoms with Gasteiger partial charge in [0.05, 0.1) is 5.92 Å². The fraction of sp³-hybridized carbons (Fsp3) is 0.600. The van der Waals surface area contributed by atoms with E-state index in [1.807, 2.05) is 6.07 Å². The van der Waals surface area contributed by atoms with Crippen LogP contribution >= 0.6 is 11.6 Å². The second kappa shape index (κ2) is 9.86. The number of carbonyl (C=O) groups is 1. The highest BCUT2D eigenvalue weighted by atomic mass is 35.5. The average molecular weight is 492 g/mol. The zero-order valence-electron chi connectivity index (χ0n) is 20.7. The van der Waals surface area contributed by atoms with Crippen LogP contribution in [0.4, 0.5) is 0 Å². The quantitative estimate of drug-likeness (QED) is 0.545. The molecule has 2 aliphatic carbocycles. The molecule has 4 atom stereocenters. The zero-order valence-corrected chi connectivity index (χ0v) is 21.5. The van der Waals surface area contributed by atoms with E-state index >= 15 is 0 Å². The van der Waals surface area contributed by atoms with Gasteiger partial charge in [-0.25, -0.2) is 4.98 Å². The average Bonchev–Trinajstić information content (AvgIpc) is 3.32. The first kappa shape index (κ1) is 23.5. The van der Waals surface area contributed by atoms with E-state index in [0.717, 1.165) is 57.4 Å². The van der Waals surface area contributed by atoms with Crippen molar-refractivity contribution in [2.75, 3.05) is 19.6 Å². The Labute approximate surface area is 214 Å². The van der Waals surface area contributed by atoms with Crippen LogP contribution in [0.5, 0.6) is 0 Å². The van der Waals surface area contributed by atoms with E-state index in [1.165, 1.54) is 43.2 Å². The Morgan fingerprint density at radius 3 is 2.69 bits per heavy atom. The third-order valence-corrected chi connectivity index (χ3v) is 9.87. The van der Waals surface area contributed by atoms with E-state index < -0.39 is 0 Å². The van der Waals surface area contributed by atoms with Gasteiger partial charge in [0, 0.05) is 36.8 Å². The summed E-state index contributed by atoms with van der Waals surface area (Å²) < 4.78 is 0. The number of hydrogen-bond acceptors (Lipinski definition) is 3. The topological polar surface area (TPSA) is 45.2 Å². The molecule has 1 saturated carbocycles. The number of likely N-dealkylation sites (tertiary alicyclic amines) is 1. The highest BCUT2D eigenvalue weighted by molar-refractivity contribution is 6.29. The Hall–Kier alpha value is -1.91. The number of pyridine rings is 1. The van der Waals surface area contributed by atoms with Gasteiger partial charge in [-0.05, 0) is 74.0 Å². The number of nitrogens with one attached hydrogen (secondary N) is 1. The molecule has 2 aliphatic heterocycles. The van der Waals surface area contributed by atoms with Crippen molar-refractivity contribution in [3.8, 4) is 0 Å². The molecule has 3 heterocycles. The van der Waals surface area contributed by atoms with Crippen molar-refractivity contribution < 1.29 is 4.79 Å². The van der Waals surface area contributed by atoms with Crippen LogP contribution in [0.2, 0.25) is 5.15 Å². The van der Waals surface area contributed by atoms with Crippen molar-refractivity contribution in [1.29, 1.82) is 0 Å². The number of halogens is 1. The van der Waals surface area contributed by atoms with Crippen molar-refractivity contribution in [1.82, 2.24) is 15.2 Å². The predicted molar refractivity (Wildman–Crippen MR) is 141 cm³/mol. The standard InChI is InChI=1S/C30H38ClN3O/c31-28-14-13-24-26(33-28)12-7-16-30(24)20-32-19-25(30)29(35)34-17-15-23(21-8-3-1-4-9-21)18-27(34)22-10-5-2-6-11-22/h1,3-4,8-9,13-14,22-23,25,27,32H,2,5-7,10-12,15-20H2. The lowest BCUT2D eigenvalue weighted by molar-refractivity contribution is -0.143. The first-order chi connectivity index (χ1) is 17.2. The minimum Gasteiger partial charge on any atom is -0.339 e. The Morgan fingerprint density at radius 1 is 1.03 bits per heavy atom. The summed E-state index contributed by atoms with van der Waals surface area (Å²) in [5.41, 5.74) is 3.68. The Bertz CT molecular complexity index is 1050. The lowest BCUT2D eigenvalue weighted by Gasteiger charge is -2.48. The number of benzene rings is 1. The van der Waals surface area contributed by atoms with Crippen molar-refractivity contribution in [3.05, 3.63) is 64.4 Å². The molecule has 1 aromatic heterocycles. The lowest BCUT2D eigenvalue weighted by atomic mass is 9.64. The molecule has 1 aromatic carbocycles. The molecule has 186 valence electrons. The summed E-state index contributed by atoms with van der Waals surface area (Å²) in [6.07, 6.45) is 11.8. The van der Waals surface area contributed by atoms with Crippen LogP contribution < -0.4 is 5.32 Å². The van der Waals surface area contributed by atoms with Gasteiger partial charge >= 0.3 is 0 Å². The summed E-state index contributed by atoms with van der Waals surface area (Å²) in [6.45, 7) is 2.53. The summed E-state index contributed by atoms with van der Waals surface area (Å²) in [7, 11) is 0. The fourth-order valence-electron chi connectivity index (χ4n) is 7.92. The second-order valence-corrected chi connectivity index (χ2v) is 11.8. The van der Waals surface area contributed by atoms with Crippen molar-refractivity contribution >= 4 is 17.5 Å². The number of hydrogen-bond donors (Lipinski definition) is 1. The number of piperidine rings is 1. The molecule has 2 aromatic rings. The van der Waals surface area contributed by atoms with Crippen LogP contribution in [0.15, 0.2) is 42.5 Å². The first-order valence-electron chi connectivity index (χ1n) is 13.9. The molecule has 6 rings (SSSR count). The number of aryl methyl sites for hydroxylation is 1. The molecular weight excluding hydrogens is 454 g/mol. The highest BCUT2D eigenvalue weighted by Gasteiger charge is 2.52.